The highest BCUT2D eigenvalue weighted by atomic mass is 19.1. The number of nitriles is 1. The predicted molar refractivity (Wildman–Crippen MR) is 127 cm³/mol. The molecule has 0 aliphatic carbocycles. The summed E-state index contributed by atoms with van der Waals surface area (Å²) in [6.45, 7) is 12.8. The number of unbranched alkanes of at least 4 members (excludes halogenated alkanes) is 1. The molecule has 1 N–H and O–H groups in total. The largest absolute Gasteiger partial charge is 0.381 e. The van der Waals surface area contributed by atoms with Crippen LogP contribution in [0.15, 0.2) is 65.7 Å². The second-order valence-corrected chi connectivity index (χ2v) is 8.30. The molecule has 2 rings (SSSR count). The Morgan fingerprint density at radius 2 is 2.12 bits per heavy atom. The summed E-state index contributed by atoms with van der Waals surface area (Å²) in [6.07, 6.45) is 5.66. The maximum atomic E-state index is 14.4. The second-order valence-electron chi connectivity index (χ2n) is 8.30. The second kappa shape index (κ2) is 11.4. The summed E-state index contributed by atoms with van der Waals surface area (Å²) in [5.41, 5.74) is 3.23. The molecule has 1 heterocycles. The van der Waals surface area contributed by atoms with Crippen molar-refractivity contribution in [3.8, 4) is 6.07 Å². The topological polar surface area (TPSA) is 59.4 Å². The number of hydrogen-bond donors (Lipinski definition) is 1. The Kier molecular flexibility index (Phi) is 8.98. The molecule has 1 atom stereocenters. The molecule has 0 radical (unpaired) electrons. The third-order valence-electron chi connectivity index (χ3n) is 5.82. The van der Waals surface area contributed by atoms with E-state index in [-0.39, 0.29) is 24.0 Å². The van der Waals surface area contributed by atoms with Gasteiger partial charge in [0, 0.05) is 42.2 Å². The minimum atomic E-state index is -0.253. The van der Waals surface area contributed by atoms with Gasteiger partial charge in [0.1, 0.15) is 11.9 Å². The molecular formula is C26H33FN4O. The number of carbonyl (C=O) groups excluding carboxylic acids is 1. The van der Waals surface area contributed by atoms with Crippen LogP contribution in [0.3, 0.4) is 0 Å². The van der Waals surface area contributed by atoms with Gasteiger partial charge < -0.3 is 15.1 Å². The van der Waals surface area contributed by atoms with Crippen LogP contribution in [0.2, 0.25) is 0 Å². The van der Waals surface area contributed by atoms with Crippen molar-refractivity contribution >= 4 is 6.29 Å². The number of aldehydes is 1. The van der Waals surface area contributed by atoms with Crippen molar-refractivity contribution in [2.75, 3.05) is 20.6 Å². The fourth-order valence-electron chi connectivity index (χ4n) is 3.72. The van der Waals surface area contributed by atoms with Crippen LogP contribution in [-0.4, -0.2) is 42.8 Å². The smallest absolute Gasteiger partial charge is 0.167 e. The number of rotatable bonds is 11. The third-order valence-corrected chi connectivity index (χ3v) is 5.82. The highest BCUT2D eigenvalue weighted by molar-refractivity contribution is 5.81. The summed E-state index contributed by atoms with van der Waals surface area (Å²) in [5, 5.41) is 12.9. The molecule has 1 aromatic rings. The fourth-order valence-corrected chi connectivity index (χ4v) is 3.72. The molecule has 0 saturated heterocycles. The highest BCUT2D eigenvalue weighted by Gasteiger charge is 2.27. The van der Waals surface area contributed by atoms with E-state index in [1.165, 1.54) is 0 Å². The zero-order valence-corrected chi connectivity index (χ0v) is 19.5. The first-order chi connectivity index (χ1) is 15.2. The number of allylic oxidation sites excluding steroid dienone is 3. The summed E-state index contributed by atoms with van der Waals surface area (Å²) in [5.74, 6) is -0.253. The molecule has 170 valence electrons. The summed E-state index contributed by atoms with van der Waals surface area (Å²) in [6, 6.07) is 7.59. The minimum Gasteiger partial charge on any atom is -0.381 e. The standard InChI is InChI=1S/C26H33FN4O/c1-7-8-12-22(30(5)6)15-31-16-24(19(3)23(13-28)25(31)17-32)20(4)29-14-21-11-9-10-18(2)26(21)27/h9-11,16-17,22,29H,3-4,7-8,12,14-15H2,1-2,5-6H3. The van der Waals surface area contributed by atoms with Gasteiger partial charge in [0.2, 0.25) is 0 Å². The van der Waals surface area contributed by atoms with Gasteiger partial charge >= 0.3 is 0 Å². The van der Waals surface area contributed by atoms with Gasteiger partial charge in [-0.3, -0.25) is 4.79 Å². The van der Waals surface area contributed by atoms with Crippen LogP contribution in [0.1, 0.15) is 37.3 Å². The molecule has 6 heteroatoms. The van der Waals surface area contributed by atoms with Gasteiger partial charge in [-0.05, 0) is 38.6 Å². The van der Waals surface area contributed by atoms with Gasteiger partial charge in [-0.2, -0.15) is 5.26 Å². The minimum absolute atomic E-state index is 0.205. The van der Waals surface area contributed by atoms with Crippen LogP contribution >= 0.6 is 0 Å². The van der Waals surface area contributed by atoms with Crippen molar-refractivity contribution in [3.63, 3.8) is 0 Å². The summed E-state index contributed by atoms with van der Waals surface area (Å²) < 4.78 is 14.4. The van der Waals surface area contributed by atoms with Gasteiger partial charge in [0.15, 0.2) is 6.29 Å². The first kappa shape index (κ1) is 25.1. The molecule has 0 spiro atoms. The molecule has 32 heavy (non-hydrogen) atoms. The van der Waals surface area contributed by atoms with Gasteiger partial charge in [0.05, 0.1) is 11.3 Å². The van der Waals surface area contributed by atoms with Crippen LogP contribution in [0.4, 0.5) is 4.39 Å². The predicted octanol–water partition coefficient (Wildman–Crippen LogP) is 4.59. The van der Waals surface area contributed by atoms with Gasteiger partial charge in [-0.25, -0.2) is 4.39 Å². The van der Waals surface area contributed by atoms with E-state index in [4.69, 9.17) is 0 Å². The zero-order chi connectivity index (χ0) is 23.8. The van der Waals surface area contributed by atoms with Gasteiger partial charge in [-0.15, -0.1) is 0 Å². The van der Waals surface area contributed by atoms with Crippen molar-refractivity contribution < 1.29 is 9.18 Å². The van der Waals surface area contributed by atoms with Crippen molar-refractivity contribution in [3.05, 3.63) is 82.6 Å². The molecule has 1 aliphatic rings. The lowest BCUT2D eigenvalue weighted by Crippen LogP contribution is -2.40. The van der Waals surface area contributed by atoms with Crippen molar-refractivity contribution in [1.29, 1.82) is 5.26 Å². The number of nitrogens with zero attached hydrogens (tertiary/aromatic N) is 3. The van der Waals surface area contributed by atoms with E-state index in [1.54, 1.807) is 19.1 Å². The van der Waals surface area contributed by atoms with Crippen molar-refractivity contribution in [2.24, 2.45) is 0 Å². The normalized spacial score (nSPS) is 14.8. The number of hydrogen-bond acceptors (Lipinski definition) is 5. The van der Waals surface area contributed by atoms with Crippen molar-refractivity contribution in [2.45, 2.75) is 45.7 Å². The number of aryl methyl sites for hydroxylation is 1. The maximum Gasteiger partial charge on any atom is 0.167 e. The lowest BCUT2D eigenvalue weighted by molar-refractivity contribution is -0.106. The van der Waals surface area contributed by atoms with E-state index in [0.717, 1.165) is 19.3 Å². The molecule has 0 aromatic heterocycles. The molecular weight excluding hydrogens is 403 g/mol. The van der Waals surface area contributed by atoms with E-state index < -0.39 is 0 Å². The summed E-state index contributed by atoms with van der Waals surface area (Å²) in [4.78, 5) is 15.8. The SMILES string of the molecule is C=C(NCc1cccc(C)c1F)C1=CN(CC(CCCC)N(C)C)C(C=O)=C(C#N)C1=C. The van der Waals surface area contributed by atoms with Crippen molar-refractivity contribution in [1.82, 2.24) is 15.1 Å². The number of carbonyl (C=O) groups is 1. The molecule has 0 fully saturated rings. The zero-order valence-electron chi connectivity index (χ0n) is 19.5. The van der Waals surface area contributed by atoms with Gasteiger partial charge in [-0.1, -0.05) is 51.1 Å². The molecule has 1 unspecified atom stereocenters. The van der Waals surface area contributed by atoms with Crippen LogP contribution in [0, 0.1) is 24.1 Å². The van der Waals surface area contributed by atoms with Crippen LogP contribution < -0.4 is 5.32 Å². The lowest BCUT2D eigenvalue weighted by atomic mass is 9.93. The molecule has 0 saturated carbocycles. The quantitative estimate of drug-likeness (QED) is 0.514. The molecule has 1 aliphatic heterocycles. The Labute approximate surface area is 191 Å². The average molecular weight is 437 g/mol. The molecule has 0 amide bonds. The Hall–Kier alpha value is -3.17. The summed E-state index contributed by atoms with van der Waals surface area (Å²) in [7, 11) is 4.03. The number of halogens is 1. The fraction of sp³-hybridized carbons (Fsp3) is 0.385. The Bertz CT molecular complexity index is 984. The van der Waals surface area contributed by atoms with Crippen LogP contribution in [0.5, 0.6) is 0 Å². The third kappa shape index (κ3) is 5.74. The summed E-state index contributed by atoms with van der Waals surface area (Å²) >= 11 is 0. The number of benzene rings is 1. The first-order valence-electron chi connectivity index (χ1n) is 10.9. The molecule has 5 nitrogen and oxygen atoms in total. The number of nitrogens with one attached hydrogen (secondary N) is 1. The van der Waals surface area contributed by atoms with Crippen LogP contribution in [0.25, 0.3) is 0 Å². The first-order valence-corrected chi connectivity index (χ1v) is 10.9. The monoisotopic (exact) mass is 436 g/mol. The highest BCUT2D eigenvalue weighted by Crippen LogP contribution is 2.32. The molecule has 0 bridgehead atoms. The van der Waals surface area contributed by atoms with E-state index in [0.29, 0.717) is 46.5 Å². The van der Waals surface area contributed by atoms with Gasteiger partial charge in [0.25, 0.3) is 0 Å². The lowest BCUT2D eigenvalue weighted by Gasteiger charge is -2.34. The van der Waals surface area contributed by atoms with E-state index in [9.17, 15) is 14.4 Å². The Balaban J connectivity index is 2.31. The molecule has 1 aromatic carbocycles. The Morgan fingerprint density at radius 3 is 2.72 bits per heavy atom. The maximum absolute atomic E-state index is 14.4. The van der Waals surface area contributed by atoms with E-state index >= 15 is 0 Å². The van der Waals surface area contributed by atoms with E-state index in [1.807, 2.05) is 31.3 Å². The van der Waals surface area contributed by atoms with Crippen LogP contribution in [-0.2, 0) is 11.3 Å². The Morgan fingerprint density at radius 1 is 1.41 bits per heavy atom. The average Bonchev–Trinajstić information content (AvgIpc) is 2.77. The number of likely N-dealkylation sites (N-methyl/N-ethyl adjacent to an activating group) is 1. The van der Waals surface area contributed by atoms with E-state index in [2.05, 4.69) is 36.4 Å².